The number of nitrogens with two attached hydrogens (primary N) is 1. The van der Waals surface area contributed by atoms with Gasteiger partial charge in [0.2, 0.25) is 5.91 Å². The zero-order chi connectivity index (χ0) is 15.0. The fourth-order valence-corrected chi connectivity index (χ4v) is 2.36. The summed E-state index contributed by atoms with van der Waals surface area (Å²) in [5.74, 6) is 0.613. The fraction of sp³-hybridized carbons (Fsp3) is 0.929. The lowest BCUT2D eigenvalue weighted by Crippen LogP contribution is -2.48. The van der Waals surface area contributed by atoms with Crippen molar-refractivity contribution in [2.45, 2.75) is 32.5 Å². The molecule has 0 spiro atoms. The summed E-state index contributed by atoms with van der Waals surface area (Å²) in [4.78, 5) is 14.1. The van der Waals surface area contributed by atoms with E-state index in [4.69, 9.17) is 15.2 Å². The summed E-state index contributed by atoms with van der Waals surface area (Å²) in [7, 11) is 1.57. The smallest absolute Gasteiger partial charge is 0.222 e. The van der Waals surface area contributed by atoms with Crippen LogP contribution in [0.5, 0.6) is 0 Å². The second-order valence-electron chi connectivity index (χ2n) is 5.75. The molecule has 1 aliphatic heterocycles. The Kier molecular flexibility index (Phi) is 8.06. The second-order valence-corrected chi connectivity index (χ2v) is 5.75. The first-order valence-electron chi connectivity index (χ1n) is 7.38. The third-order valence-electron chi connectivity index (χ3n) is 3.38. The molecule has 0 aromatic rings. The number of hydrogen-bond acceptors (Lipinski definition) is 5. The van der Waals surface area contributed by atoms with Gasteiger partial charge in [-0.1, -0.05) is 13.8 Å². The van der Waals surface area contributed by atoms with Crippen molar-refractivity contribution in [1.29, 1.82) is 0 Å². The number of hydrogen-bond donors (Lipinski definition) is 2. The summed E-state index contributed by atoms with van der Waals surface area (Å²) < 4.78 is 10.8. The van der Waals surface area contributed by atoms with Gasteiger partial charge < -0.3 is 20.5 Å². The van der Waals surface area contributed by atoms with Crippen molar-refractivity contribution < 1.29 is 14.3 Å². The SMILES string of the molecule is COC(CN)CC(=O)NCC1CN(CC(C)C)CCO1. The number of carbonyl (C=O) groups is 1. The predicted octanol–water partition coefficient (Wildman–Crippen LogP) is -0.177. The zero-order valence-electron chi connectivity index (χ0n) is 12.9. The Morgan fingerprint density at radius 1 is 1.55 bits per heavy atom. The molecule has 1 heterocycles. The van der Waals surface area contributed by atoms with Crippen LogP contribution in [0, 0.1) is 5.92 Å². The van der Waals surface area contributed by atoms with E-state index in [9.17, 15) is 4.79 Å². The van der Waals surface area contributed by atoms with E-state index in [0.29, 0.717) is 25.4 Å². The van der Waals surface area contributed by atoms with E-state index < -0.39 is 0 Å². The maximum atomic E-state index is 11.8. The van der Waals surface area contributed by atoms with Crippen LogP contribution in [0.25, 0.3) is 0 Å². The number of amides is 1. The molecule has 1 rings (SSSR count). The summed E-state index contributed by atoms with van der Waals surface area (Å²) in [5.41, 5.74) is 5.50. The second kappa shape index (κ2) is 9.28. The molecule has 0 saturated carbocycles. The Morgan fingerprint density at radius 2 is 2.30 bits per heavy atom. The van der Waals surface area contributed by atoms with Crippen molar-refractivity contribution in [2.75, 3.05) is 46.4 Å². The summed E-state index contributed by atoms with van der Waals surface area (Å²) in [6, 6.07) is 0. The molecule has 3 N–H and O–H groups in total. The van der Waals surface area contributed by atoms with Crippen LogP contribution in [0.15, 0.2) is 0 Å². The van der Waals surface area contributed by atoms with Crippen LogP contribution in [0.4, 0.5) is 0 Å². The van der Waals surface area contributed by atoms with Crippen molar-refractivity contribution in [1.82, 2.24) is 10.2 Å². The average molecular weight is 287 g/mol. The molecule has 6 heteroatoms. The molecule has 6 nitrogen and oxygen atoms in total. The van der Waals surface area contributed by atoms with Crippen molar-refractivity contribution >= 4 is 5.91 Å². The van der Waals surface area contributed by atoms with Gasteiger partial charge in [-0.15, -0.1) is 0 Å². The average Bonchev–Trinajstić information content (AvgIpc) is 2.42. The number of nitrogens with zero attached hydrogens (tertiary/aromatic N) is 1. The molecule has 1 aliphatic rings. The number of rotatable bonds is 8. The molecule has 2 unspecified atom stereocenters. The third kappa shape index (κ3) is 6.65. The Morgan fingerprint density at radius 3 is 2.90 bits per heavy atom. The maximum absolute atomic E-state index is 11.8. The minimum Gasteiger partial charge on any atom is -0.380 e. The molecule has 0 radical (unpaired) electrons. The maximum Gasteiger partial charge on any atom is 0.222 e. The molecule has 1 saturated heterocycles. The van der Waals surface area contributed by atoms with Crippen LogP contribution >= 0.6 is 0 Å². The van der Waals surface area contributed by atoms with E-state index in [1.54, 1.807) is 7.11 Å². The van der Waals surface area contributed by atoms with Gasteiger partial charge >= 0.3 is 0 Å². The molecule has 0 bridgehead atoms. The Labute approximate surface area is 122 Å². The quantitative estimate of drug-likeness (QED) is 0.648. The zero-order valence-corrected chi connectivity index (χ0v) is 12.9. The Hall–Kier alpha value is -0.690. The fourth-order valence-electron chi connectivity index (χ4n) is 2.36. The van der Waals surface area contributed by atoms with Crippen molar-refractivity contribution in [3.8, 4) is 0 Å². The van der Waals surface area contributed by atoms with Gasteiger partial charge in [0.15, 0.2) is 0 Å². The lowest BCUT2D eigenvalue weighted by Gasteiger charge is -2.34. The Balaban J connectivity index is 2.25. The highest BCUT2D eigenvalue weighted by Crippen LogP contribution is 2.07. The van der Waals surface area contributed by atoms with E-state index in [1.165, 1.54) is 0 Å². The van der Waals surface area contributed by atoms with Crippen LogP contribution in [-0.2, 0) is 14.3 Å². The van der Waals surface area contributed by atoms with E-state index in [-0.39, 0.29) is 18.1 Å². The lowest BCUT2D eigenvalue weighted by molar-refractivity contribution is -0.124. The summed E-state index contributed by atoms with van der Waals surface area (Å²) in [5, 5.41) is 2.90. The monoisotopic (exact) mass is 287 g/mol. The number of morpholine rings is 1. The molecule has 20 heavy (non-hydrogen) atoms. The van der Waals surface area contributed by atoms with E-state index in [0.717, 1.165) is 26.2 Å². The van der Waals surface area contributed by atoms with Gasteiger partial charge in [-0.25, -0.2) is 0 Å². The molecular weight excluding hydrogens is 258 g/mol. The molecule has 0 aromatic heterocycles. The van der Waals surface area contributed by atoms with E-state index >= 15 is 0 Å². The normalized spacial score (nSPS) is 21.9. The number of ether oxygens (including phenoxy) is 2. The summed E-state index contributed by atoms with van der Waals surface area (Å²) in [6.45, 7) is 8.99. The van der Waals surface area contributed by atoms with Gasteiger partial charge in [-0.2, -0.15) is 0 Å². The third-order valence-corrected chi connectivity index (χ3v) is 3.38. The topological polar surface area (TPSA) is 76.8 Å². The Bertz CT molecular complexity index is 283. The molecule has 1 fully saturated rings. The molecule has 1 amide bonds. The standard InChI is InChI=1S/C14H29N3O3/c1-11(2)9-17-4-5-20-13(10-17)8-16-14(18)6-12(7-15)19-3/h11-13H,4-10,15H2,1-3H3,(H,16,18). The van der Waals surface area contributed by atoms with Gasteiger partial charge in [0.1, 0.15) is 0 Å². The lowest BCUT2D eigenvalue weighted by atomic mass is 10.1. The molecule has 2 atom stereocenters. The number of methoxy groups -OCH3 is 1. The van der Waals surface area contributed by atoms with Crippen LogP contribution in [0.1, 0.15) is 20.3 Å². The highest BCUT2D eigenvalue weighted by Gasteiger charge is 2.21. The minimum atomic E-state index is -0.209. The highest BCUT2D eigenvalue weighted by molar-refractivity contribution is 5.76. The molecule has 0 aliphatic carbocycles. The number of carbonyl (C=O) groups excluding carboxylic acids is 1. The van der Waals surface area contributed by atoms with E-state index in [2.05, 4.69) is 24.1 Å². The predicted molar refractivity (Wildman–Crippen MR) is 78.5 cm³/mol. The van der Waals surface area contributed by atoms with Crippen LogP contribution in [0.2, 0.25) is 0 Å². The van der Waals surface area contributed by atoms with Gasteiger partial charge in [-0.3, -0.25) is 9.69 Å². The first-order chi connectivity index (χ1) is 9.55. The van der Waals surface area contributed by atoms with Crippen molar-refractivity contribution in [2.24, 2.45) is 11.7 Å². The van der Waals surface area contributed by atoms with Gasteiger partial charge in [0.25, 0.3) is 0 Å². The molecular formula is C14H29N3O3. The molecule has 118 valence electrons. The largest absolute Gasteiger partial charge is 0.380 e. The van der Waals surface area contributed by atoms with Gasteiger partial charge in [-0.05, 0) is 5.92 Å². The van der Waals surface area contributed by atoms with Crippen LogP contribution in [0.3, 0.4) is 0 Å². The summed E-state index contributed by atoms with van der Waals surface area (Å²) >= 11 is 0. The first-order valence-corrected chi connectivity index (χ1v) is 7.38. The summed E-state index contributed by atoms with van der Waals surface area (Å²) in [6.07, 6.45) is 0.167. The highest BCUT2D eigenvalue weighted by atomic mass is 16.5. The van der Waals surface area contributed by atoms with Crippen LogP contribution < -0.4 is 11.1 Å². The van der Waals surface area contributed by atoms with Gasteiger partial charge in [0.05, 0.1) is 25.2 Å². The van der Waals surface area contributed by atoms with E-state index in [1.807, 2.05) is 0 Å². The van der Waals surface area contributed by atoms with Crippen molar-refractivity contribution in [3.05, 3.63) is 0 Å². The number of nitrogens with one attached hydrogen (secondary N) is 1. The molecule has 0 aromatic carbocycles. The van der Waals surface area contributed by atoms with Crippen LogP contribution in [-0.4, -0.2) is 69.5 Å². The van der Waals surface area contributed by atoms with Crippen molar-refractivity contribution in [3.63, 3.8) is 0 Å². The first kappa shape index (κ1) is 17.4. The minimum absolute atomic E-state index is 0.0353. The van der Waals surface area contributed by atoms with Gasteiger partial charge in [0, 0.05) is 39.8 Å².